The summed E-state index contributed by atoms with van der Waals surface area (Å²) in [5.41, 5.74) is 0. The Morgan fingerprint density at radius 2 is 1.24 bits per heavy atom. The first-order chi connectivity index (χ1) is 8.08. The van der Waals surface area contributed by atoms with Gasteiger partial charge in [0.15, 0.2) is 0 Å². The molecule has 1 aliphatic rings. The molecule has 1 rings (SSSR count). The van der Waals surface area contributed by atoms with Crippen molar-refractivity contribution in [3.63, 3.8) is 0 Å². The minimum atomic E-state index is -0.189. The quantitative estimate of drug-likeness (QED) is 0.613. The molecule has 0 aromatic carbocycles. The molecule has 0 spiro atoms. The summed E-state index contributed by atoms with van der Waals surface area (Å²) >= 11 is 0. The highest BCUT2D eigenvalue weighted by atomic mass is 16.6. The van der Waals surface area contributed by atoms with Crippen molar-refractivity contribution in [1.29, 1.82) is 0 Å². The van der Waals surface area contributed by atoms with Crippen LogP contribution in [0.25, 0.3) is 0 Å². The maximum absolute atomic E-state index is 11.4. The lowest BCUT2D eigenvalue weighted by molar-refractivity contribution is -0.153. The van der Waals surface area contributed by atoms with Gasteiger partial charge in [0.2, 0.25) is 0 Å². The highest BCUT2D eigenvalue weighted by Gasteiger charge is 2.17. The molecule has 4 nitrogen and oxygen atoms in total. The molecule has 0 saturated carbocycles. The first kappa shape index (κ1) is 14.0. The first-order valence-electron chi connectivity index (χ1n) is 6.47. The van der Waals surface area contributed by atoms with Gasteiger partial charge in [-0.25, -0.2) is 0 Å². The molecule has 0 aromatic rings. The second kappa shape index (κ2) is 7.30. The lowest BCUT2D eigenvalue weighted by Crippen LogP contribution is -2.23. The van der Waals surface area contributed by atoms with Crippen LogP contribution in [-0.2, 0) is 19.1 Å². The van der Waals surface area contributed by atoms with Gasteiger partial charge in [-0.1, -0.05) is 12.8 Å². The van der Waals surface area contributed by atoms with Gasteiger partial charge in [-0.2, -0.15) is 0 Å². The number of carbonyl (C=O) groups excluding carboxylic acids is 2. The number of esters is 2. The summed E-state index contributed by atoms with van der Waals surface area (Å²) in [4.78, 5) is 22.9. The normalized spacial score (nSPS) is 29.3. The van der Waals surface area contributed by atoms with Crippen molar-refractivity contribution < 1.29 is 19.1 Å². The SMILES string of the molecule is C[C@@H]1C[C@@H](C)OC(=O)CCCCCCC(=O)O1. The zero-order valence-electron chi connectivity index (χ0n) is 10.7. The molecule has 1 saturated heterocycles. The van der Waals surface area contributed by atoms with Crippen LogP contribution in [-0.4, -0.2) is 24.1 Å². The minimum Gasteiger partial charge on any atom is -0.463 e. The molecule has 0 unspecified atom stereocenters. The maximum atomic E-state index is 11.4. The van der Waals surface area contributed by atoms with Crippen LogP contribution in [0, 0.1) is 0 Å². The molecule has 1 fully saturated rings. The van der Waals surface area contributed by atoms with Crippen molar-refractivity contribution in [2.24, 2.45) is 0 Å². The van der Waals surface area contributed by atoms with E-state index in [1.807, 2.05) is 13.8 Å². The Kier molecular flexibility index (Phi) is 6.01. The van der Waals surface area contributed by atoms with Crippen LogP contribution in [0.1, 0.15) is 58.8 Å². The van der Waals surface area contributed by atoms with Crippen molar-refractivity contribution >= 4 is 11.9 Å². The summed E-state index contributed by atoms with van der Waals surface area (Å²) in [5, 5.41) is 0. The molecule has 1 heterocycles. The van der Waals surface area contributed by atoms with Gasteiger partial charge in [-0.15, -0.1) is 0 Å². The molecule has 98 valence electrons. The summed E-state index contributed by atoms with van der Waals surface area (Å²) in [6.45, 7) is 3.67. The molecule has 0 aromatic heterocycles. The fraction of sp³-hybridized carbons (Fsp3) is 0.846. The third kappa shape index (κ3) is 6.29. The molecule has 0 amide bonds. The molecule has 4 heteroatoms. The Bertz CT molecular complexity index is 236. The number of cyclic esters (lactones) is 2. The van der Waals surface area contributed by atoms with Gasteiger partial charge in [0.25, 0.3) is 0 Å². The number of hydrogen-bond donors (Lipinski definition) is 0. The smallest absolute Gasteiger partial charge is 0.306 e. The molecule has 0 radical (unpaired) electrons. The molecule has 0 aliphatic carbocycles. The monoisotopic (exact) mass is 242 g/mol. The zero-order valence-corrected chi connectivity index (χ0v) is 10.7. The highest BCUT2D eigenvalue weighted by Crippen LogP contribution is 2.13. The third-order valence-corrected chi connectivity index (χ3v) is 2.84. The minimum absolute atomic E-state index is 0.143. The van der Waals surface area contributed by atoms with Gasteiger partial charge in [-0.3, -0.25) is 9.59 Å². The van der Waals surface area contributed by atoms with Gasteiger partial charge in [0, 0.05) is 19.3 Å². The van der Waals surface area contributed by atoms with Crippen molar-refractivity contribution in [3.05, 3.63) is 0 Å². The summed E-state index contributed by atoms with van der Waals surface area (Å²) in [6, 6.07) is 0. The fourth-order valence-corrected chi connectivity index (χ4v) is 2.02. The van der Waals surface area contributed by atoms with E-state index in [9.17, 15) is 9.59 Å². The van der Waals surface area contributed by atoms with E-state index >= 15 is 0 Å². The van der Waals surface area contributed by atoms with E-state index in [0.29, 0.717) is 19.3 Å². The second-order valence-corrected chi connectivity index (χ2v) is 4.75. The maximum Gasteiger partial charge on any atom is 0.306 e. The Hall–Kier alpha value is -1.06. The van der Waals surface area contributed by atoms with Crippen molar-refractivity contribution in [3.8, 4) is 0 Å². The fourth-order valence-electron chi connectivity index (χ4n) is 2.02. The Balaban J connectivity index is 2.48. The van der Waals surface area contributed by atoms with Crippen molar-refractivity contribution in [1.82, 2.24) is 0 Å². The lowest BCUT2D eigenvalue weighted by Gasteiger charge is -2.18. The lowest BCUT2D eigenvalue weighted by atomic mass is 10.1. The van der Waals surface area contributed by atoms with E-state index < -0.39 is 0 Å². The molecular weight excluding hydrogens is 220 g/mol. The molecule has 0 N–H and O–H groups in total. The number of carbonyl (C=O) groups is 2. The van der Waals surface area contributed by atoms with Crippen LogP contribution in [0.4, 0.5) is 0 Å². The van der Waals surface area contributed by atoms with Crippen LogP contribution in [0.3, 0.4) is 0 Å². The van der Waals surface area contributed by atoms with Gasteiger partial charge in [0.1, 0.15) is 12.2 Å². The number of ether oxygens (including phenoxy) is 2. The first-order valence-corrected chi connectivity index (χ1v) is 6.47. The topological polar surface area (TPSA) is 52.6 Å². The van der Waals surface area contributed by atoms with Gasteiger partial charge < -0.3 is 9.47 Å². The zero-order chi connectivity index (χ0) is 12.7. The van der Waals surface area contributed by atoms with E-state index in [2.05, 4.69) is 0 Å². The number of rotatable bonds is 0. The Morgan fingerprint density at radius 3 is 1.65 bits per heavy atom. The summed E-state index contributed by atoms with van der Waals surface area (Å²) in [5.74, 6) is -0.287. The predicted octanol–water partition coefficient (Wildman–Crippen LogP) is 2.59. The van der Waals surface area contributed by atoms with Crippen LogP contribution < -0.4 is 0 Å². The third-order valence-electron chi connectivity index (χ3n) is 2.84. The van der Waals surface area contributed by atoms with Crippen molar-refractivity contribution in [2.75, 3.05) is 0 Å². The van der Waals surface area contributed by atoms with E-state index in [1.54, 1.807) is 0 Å². The van der Waals surface area contributed by atoms with Gasteiger partial charge in [-0.05, 0) is 26.7 Å². The molecular formula is C13H22O4. The summed E-state index contributed by atoms with van der Waals surface area (Å²) < 4.78 is 10.5. The molecule has 1 aliphatic heterocycles. The second-order valence-electron chi connectivity index (χ2n) is 4.75. The van der Waals surface area contributed by atoms with E-state index in [4.69, 9.17) is 9.47 Å². The van der Waals surface area contributed by atoms with E-state index in [1.165, 1.54) is 0 Å². The summed E-state index contributed by atoms with van der Waals surface area (Å²) in [7, 11) is 0. The largest absolute Gasteiger partial charge is 0.463 e. The molecule has 2 atom stereocenters. The molecule has 17 heavy (non-hydrogen) atoms. The van der Waals surface area contributed by atoms with Crippen LogP contribution in [0.5, 0.6) is 0 Å². The average Bonchev–Trinajstić information content (AvgIpc) is 2.21. The van der Waals surface area contributed by atoms with E-state index in [0.717, 1.165) is 25.7 Å². The van der Waals surface area contributed by atoms with Gasteiger partial charge >= 0.3 is 11.9 Å². The average molecular weight is 242 g/mol. The van der Waals surface area contributed by atoms with Crippen LogP contribution >= 0.6 is 0 Å². The Labute approximate surface area is 103 Å². The predicted molar refractivity (Wildman–Crippen MR) is 63.4 cm³/mol. The standard InChI is InChI=1S/C13H22O4/c1-10-9-11(2)17-13(15)8-6-4-3-5-7-12(14)16-10/h10-11H,3-9H2,1-2H3/t10-,11-/m1/s1. The van der Waals surface area contributed by atoms with E-state index in [-0.39, 0.29) is 24.1 Å². The molecule has 0 bridgehead atoms. The number of hydrogen-bond acceptors (Lipinski definition) is 4. The van der Waals surface area contributed by atoms with Crippen LogP contribution in [0.15, 0.2) is 0 Å². The van der Waals surface area contributed by atoms with Crippen LogP contribution in [0.2, 0.25) is 0 Å². The highest BCUT2D eigenvalue weighted by molar-refractivity contribution is 5.70. The van der Waals surface area contributed by atoms with Crippen molar-refractivity contribution in [2.45, 2.75) is 71.0 Å². The Morgan fingerprint density at radius 1 is 0.824 bits per heavy atom. The summed E-state index contributed by atoms with van der Waals surface area (Å²) in [6.07, 6.45) is 4.76. The van der Waals surface area contributed by atoms with Gasteiger partial charge in [0.05, 0.1) is 0 Å².